The fourth-order valence-corrected chi connectivity index (χ4v) is 0. The second kappa shape index (κ2) is 9.21. The maximum absolute atomic E-state index is 9.24. The highest BCUT2D eigenvalue weighted by molar-refractivity contribution is 6.15. The van der Waals surface area contributed by atoms with E-state index in [2.05, 4.69) is 17.3 Å². The Morgan fingerprint density at radius 3 is 2.00 bits per heavy atom. The number of hydrogen-bond acceptors (Lipinski definition) is 2. The molecule has 4 heteroatoms. The zero-order valence-corrected chi connectivity index (χ0v) is 4.77. The molecule has 7 heavy (non-hydrogen) atoms. The van der Waals surface area contributed by atoms with Gasteiger partial charge in [-0.25, -0.2) is 0 Å². The van der Waals surface area contributed by atoms with Crippen molar-refractivity contribution in [2.75, 3.05) is 12.9 Å². The van der Waals surface area contributed by atoms with Gasteiger partial charge in [0.15, 0.2) is 0 Å². The quantitative estimate of drug-likeness (QED) is 0.481. The molecular formula is C3H8ClNO2. The van der Waals surface area contributed by atoms with Crippen molar-refractivity contribution >= 4 is 17.6 Å². The molecule has 0 aliphatic carbocycles. The third-order valence-corrected chi connectivity index (χ3v) is 0.175. The van der Waals surface area contributed by atoms with Crippen molar-refractivity contribution in [2.24, 2.45) is 5.73 Å². The molecule has 0 saturated heterocycles. The third-order valence-electron chi connectivity index (χ3n) is 0.175. The van der Waals surface area contributed by atoms with Gasteiger partial charge in [0.2, 0.25) is 0 Å². The number of carboxylic acid groups (broad SMARTS) is 1. The first kappa shape index (κ1) is 9.87. The summed E-state index contributed by atoms with van der Waals surface area (Å²) in [6.07, 6.45) is 1.47. The maximum Gasteiger partial charge on any atom is 0.317 e. The highest BCUT2D eigenvalue weighted by Crippen LogP contribution is 1.43. The molecule has 0 rings (SSSR count). The predicted molar refractivity (Wildman–Crippen MR) is 28.5 cm³/mol. The topological polar surface area (TPSA) is 63.3 Å². The first-order valence-electron chi connectivity index (χ1n) is 1.57. The molecule has 0 aromatic rings. The lowest BCUT2D eigenvalue weighted by molar-refractivity contribution is -0.135. The highest BCUT2D eigenvalue weighted by atomic mass is 35.5. The number of alkyl halides is 1. The predicted octanol–water partition coefficient (Wildman–Crippen LogP) is -0.115. The molecule has 0 aliphatic heterocycles. The summed E-state index contributed by atoms with van der Waals surface area (Å²) in [7, 11) is 0. The first-order valence-corrected chi connectivity index (χ1v) is 2.32. The lowest BCUT2D eigenvalue weighted by Gasteiger charge is -1.73. The van der Waals surface area contributed by atoms with E-state index in [1.54, 1.807) is 0 Å². The Morgan fingerprint density at radius 2 is 2.00 bits per heavy atom. The van der Waals surface area contributed by atoms with Crippen LogP contribution in [0.15, 0.2) is 0 Å². The van der Waals surface area contributed by atoms with Gasteiger partial charge in [0.25, 0.3) is 0 Å². The van der Waals surface area contributed by atoms with E-state index in [1.165, 1.54) is 6.38 Å². The lowest BCUT2D eigenvalue weighted by atomic mass is 10.7. The van der Waals surface area contributed by atoms with E-state index in [0.29, 0.717) is 0 Å². The summed E-state index contributed by atoms with van der Waals surface area (Å²) in [6, 6.07) is 0. The molecule has 0 radical (unpaired) electrons. The van der Waals surface area contributed by atoms with Crippen LogP contribution in [0.3, 0.4) is 0 Å². The Balaban J connectivity index is 0. The average molecular weight is 126 g/mol. The van der Waals surface area contributed by atoms with Crippen molar-refractivity contribution in [2.45, 2.75) is 0 Å². The molecule has 44 valence electrons. The Kier molecular flexibility index (Phi) is 13.0. The summed E-state index contributed by atoms with van der Waals surface area (Å²) in [6.45, 7) is -0.278. The van der Waals surface area contributed by atoms with Gasteiger partial charge < -0.3 is 10.8 Å². The van der Waals surface area contributed by atoms with E-state index in [-0.39, 0.29) is 6.54 Å². The number of nitrogens with two attached hydrogens (primary N) is 1. The SMILES string of the molecule is CCl.NCC(=O)O. The summed E-state index contributed by atoms with van der Waals surface area (Å²) in [5.41, 5.74) is 4.57. The van der Waals surface area contributed by atoms with Crippen LogP contribution in [0.1, 0.15) is 0 Å². The van der Waals surface area contributed by atoms with Crippen LogP contribution in [-0.2, 0) is 4.79 Å². The molecule has 0 atom stereocenters. The Hall–Kier alpha value is -0.280. The summed E-state index contributed by atoms with van der Waals surface area (Å²) in [5, 5.41) is 7.60. The highest BCUT2D eigenvalue weighted by Gasteiger charge is 1.81. The van der Waals surface area contributed by atoms with E-state index in [0.717, 1.165) is 0 Å². The molecule has 0 amide bonds. The van der Waals surface area contributed by atoms with E-state index in [9.17, 15) is 4.79 Å². The molecule has 0 spiro atoms. The average Bonchev–Trinajstić information content (AvgIpc) is 1.73. The molecule has 0 fully saturated rings. The van der Waals surface area contributed by atoms with Crippen LogP contribution in [-0.4, -0.2) is 24.0 Å². The first-order chi connectivity index (χ1) is 3.27. The molecule has 0 saturated carbocycles. The van der Waals surface area contributed by atoms with Crippen LogP contribution >= 0.6 is 11.6 Å². The van der Waals surface area contributed by atoms with E-state index in [4.69, 9.17) is 5.11 Å². The van der Waals surface area contributed by atoms with Crippen molar-refractivity contribution in [3.8, 4) is 0 Å². The minimum atomic E-state index is -0.968. The molecule has 0 aliphatic rings. The smallest absolute Gasteiger partial charge is 0.317 e. The minimum Gasteiger partial charge on any atom is -0.480 e. The molecule has 0 unspecified atom stereocenters. The number of rotatable bonds is 1. The van der Waals surface area contributed by atoms with Gasteiger partial charge in [0.05, 0.1) is 6.54 Å². The summed E-state index contributed by atoms with van der Waals surface area (Å²) in [4.78, 5) is 9.24. The van der Waals surface area contributed by atoms with Gasteiger partial charge in [-0.05, 0) is 0 Å². The largest absolute Gasteiger partial charge is 0.480 e. The van der Waals surface area contributed by atoms with Crippen LogP contribution in [0, 0.1) is 0 Å². The van der Waals surface area contributed by atoms with Gasteiger partial charge in [-0.15, -0.1) is 11.6 Å². The van der Waals surface area contributed by atoms with Gasteiger partial charge in [0.1, 0.15) is 0 Å². The van der Waals surface area contributed by atoms with E-state index >= 15 is 0 Å². The number of halogens is 1. The molecule has 3 N–H and O–H groups in total. The number of carboxylic acids is 1. The summed E-state index contributed by atoms with van der Waals surface area (Å²) >= 11 is 4.64. The van der Waals surface area contributed by atoms with Crippen LogP contribution in [0.4, 0.5) is 0 Å². The van der Waals surface area contributed by atoms with Crippen molar-refractivity contribution in [3.63, 3.8) is 0 Å². The fraction of sp³-hybridized carbons (Fsp3) is 0.667. The molecule has 0 aromatic carbocycles. The van der Waals surface area contributed by atoms with Gasteiger partial charge in [-0.3, -0.25) is 4.79 Å². The molecule has 0 aromatic heterocycles. The van der Waals surface area contributed by atoms with E-state index < -0.39 is 5.97 Å². The maximum atomic E-state index is 9.24. The van der Waals surface area contributed by atoms with Crippen molar-refractivity contribution in [3.05, 3.63) is 0 Å². The normalized spacial score (nSPS) is 6.14. The van der Waals surface area contributed by atoms with Crippen LogP contribution in [0.25, 0.3) is 0 Å². The van der Waals surface area contributed by atoms with Crippen molar-refractivity contribution in [1.82, 2.24) is 0 Å². The lowest BCUT2D eigenvalue weighted by Crippen LogP contribution is -2.10. The van der Waals surface area contributed by atoms with Crippen LogP contribution in [0.2, 0.25) is 0 Å². The second-order valence-corrected chi connectivity index (χ2v) is 0.598. The van der Waals surface area contributed by atoms with Crippen LogP contribution < -0.4 is 5.73 Å². The van der Waals surface area contributed by atoms with Gasteiger partial charge in [0, 0.05) is 6.38 Å². The van der Waals surface area contributed by atoms with Gasteiger partial charge in [-0.2, -0.15) is 0 Å². The van der Waals surface area contributed by atoms with Gasteiger partial charge >= 0.3 is 5.97 Å². The molecule has 3 nitrogen and oxygen atoms in total. The van der Waals surface area contributed by atoms with Crippen molar-refractivity contribution in [1.29, 1.82) is 0 Å². The standard InChI is InChI=1S/C2H5NO2.CH3Cl/c3-1-2(4)5;1-2/h1,3H2,(H,4,5);1H3. The molecule has 0 heterocycles. The van der Waals surface area contributed by atoms with Crippen molar-refractivity contribution < 1.29 is 9.90 Å². The van der Waals surface area contributed by atoms with E-state index in [1.807, 2.05) is 0 Å². The Bertz CT molecular complexity index is 48.2. The zero-order valence-electron chi connectivity index (χ0n) is 4.02. The van der Waals surface area contributed by atoms with Gasteiger partial charge in [-0.1, -0.05) is 0 Å². The Labute approximate surface area is 47.1 Å². The minimum absolute atomic E-state index is 0.278. The van der Waals surface area contributed by atoms with Crippen LogP contribution in [0.5, 0.6) is 0 Å². The number of aliphatic carboxylic acids is 1. The monoisotopic (exact) mass is 125 g/mol. The number of hydrogen-bond donors (Lipinski definition) is 2. The zero-order chi connectivity index (χ0) is 6.28. The number of carbonyl (C=O) groups is 1. The summed E-state index contributed by atoms with van der Waals surface area (Å²) in [5.74, 6) is -0.968. The summed E-state index contributed by atoms with van der Waals surface area (Å²) < 4.78 is 0. The fourth-order valence-electron chi connectivity index (χ4n) is 0. The second-order valence-electron chi connectivity index (χ2n) is 0.598. The third kappa shape index (κ3) is 26.8. The molecule has 0 bridgehead atoms. The molecular weight excluding hydrogens is 117 g/mol. The Morgan fingerprint density at radius 1 is 1.86 bits per heavy atom.